The Labute approximate surface area is 129 Å². The van der Waals surface area contributed by atoms with Gasteiger partial charge in [0.25, 0.3) is 0 Å². The molecule has 5 nitrogen and oxygen atoms in total. The molecule has 0 N–H and O–H groups in total. The third-order valence-electron chi connectivity index (χ3n) is 3.92. The molecule has 3 rings (SSSR count). The number of likely N-dealkylation sites (N-methyl/N-ethyl adjacent to an activating group) is 1. The van der Waals surface area contributed by atoms with Gasteiger partial charge in [-0.05, 0) is 33.9 Å². The van der Waals surface area contributed by atoms with Crippen molar-refractivity contribution in [2.45, 2.75) is 39.4 Å². The zero-order valence-electron chi connectivity index (χ0n) is 12.9. The fraction of sp³-hybridized carbons (Fsp3) is 0.600. The Hall–Kier alpha value is -1.24. The van der Waals surface area contributed by atoms with Gasteiger partial charge in [0, 0.05) is 30.2 Å². The molecule has 1 aliphatic heterocycles. The molecule has 114 valence electrons. The van der Waals surface area contributed by atoms with Crippen molar-refractivity contribution in [3.8, 4) is 0 Å². The number of oxazole rings is 1. The molecule has 0 amide bonds. The van der Waals surface area contributed by atoms with Crippen molar-refractivity contribution in [1.29, 1.82) is 0 Å². The van der Waals surface area contributed by atoms with Crippen molar-refractivity contribution in [3.05, 3.63) is 33.9 Å². The molecular formula is C15H22N4OS. The zero-order chi connectivity index (χ0) is 14.8. The molecule has 1 unspecified atom stereocenters. The molecular weight excluding hydrogens is 284 g/mol. The molecule has 1 fully saturated rings. The van der Waals surface area contributed by atoms with Gasteiger partial charge in [0.1, 0.15) is 5.76 Å². The smallest absolute Gasteiger partial charge is 0.208 e. The van der Waals surface area contributed by atoms with E-state index < -0.39 is 0 Å². The molecule has 0 bridgehead atoms. The maximum absolute atomic E-state index is 5.66. The fourth-order valence-corrected chi connectivity index (χ4v) is 3.67. The van der Waals surface area contributed by atoms with Gasteiger partial charge in [0.05, 0.1) is 17.7 Å². The summed E-state index contributed by atoms with van der Waals surface area (Å²) in [6.45, 7) is 7.95. The predicted molar refractivity (Wildman–Crippen MR) is 83.2 cm³/mol. The van der Waals surface area contributed by atoms with Crippen LogP contribution < -0.4 is 0 Å². The van der Waals surface area contributed by atoms with Crippen molar-refractivity contribution < 1.29 is 4.42 Å². The van der Waals surface area contributed by atoms with Crippen LogP contribution in [0.15, 0.2) is 16.8 Å². The van der Waals surface area contributed by atoms with Gasteiger partial charge in [-0.1, -0.05) is 0 Å². The third-order valence-corrected chi connectivity index (χ3v) is 4.82. The lowest BCUT2D eigenvalue weighted by molar-refractivity contribution is 0.164. The second-order valence-corrected chi connectivity index (χ2v) is 7.14. The number of nitrogens with zero attached hydrogens (tertiary/aromatic N) is 4. The van der Waals surface area contributed by atoms with E-state index in [-0.39, 0.29) is 0 Å². The minimum atomic E-state index is 0.560. The van der Waals surface area contributed by atoms with Crippen LogP contribution in [0.2, 0.25) is 0 Å². The molecule has 0 radical (unpaired) electrons. The first-order chi connectivity index (χ1) is 10.1. The number of thiazole rings is 1. The van der Waals surface area contributed by atoms with Gasteiger partial charge in [-0.2, -0.15) is 0 Å². The lowest BCUT2D eigenvalue weighted by Gasteiger charge is -2.26. The summed E-state index contributed by atoms with van der Waals surface area (Å²) in [5.41, 5.74) is 0. The van der Waals surface area contributed by atoms with Gasteiger partial charge in [-0.3, -0.25) is 4.90 Å². The first-order valence-electron chi connectivity index (χ1n) is 7.35. The quantitative estimate of drug-likeness (QED) is 0.849. The SMILES string of the molecule is Cc1cnc(CN(Cc2cnc(C)s2)C2CCN(C)C2)o1. The van der Waals surface area contributed by atoms with E-state index in [1.807, 2.05) is 13.1 Å². The van der Waals surface area contributed by atoms with Crippen molar-refractivity contribution in [2.24, 2.45) is 0 Å². The maximum Gasteiger partial charge on any atom is 0.208 e. The average molecular weight is 306 g/mol. The number of rotatable bonds is 5. The number of hydrogen-bond donors (Lipinski definition) is 0. The van der Waals surface area contributed by atoms with E-state index >= 15 is 0 Å². The van der Waals surface area contributed by atoms with Crippen molar-refractivity contribution in [3.63, 3.8) is 0 Å². The molecule has 0 aromatic carbocycles. The lowest BCUT2D eigenvalue weighted by atomic mass is 10.2. The Morgan fingerprint density at radius 2 is 2.19 bits per heavy atom. The van der Waals surface area contributed by atoms with Crippen molar-refractivity contribution >= 4 is 11.3 Å². The summed E-state index contributed by atoms with van der Waals surface area (Å²) in [5, 5.41) is 1.13. The highest BCUT2D eigenvalue weighted by Gasteiger charge is 2.27. The number of likely N-dealkylation sites (tertiary alicyclic amines) is 1. The molecule has 21 heavy (non-hydrogen) atoms. The van der Waals surface area contributed by atoms with E-state index in [0.29, 0.717) is 6.04 Å². The van der Waals surface area contributed by atoms with Gasteiger partial charge in [-0.15, -0.1) is 11.3 Å². The molecule has 2 aromatic rings. The Bertz CT molecular complexity index is 552. The Balaban J connectivity index is 1.73. The van der Waals surface area contributed by atoms with Crippen LogP contribution in [0.1, 0.15) is 28.0 Å². The third kappa shape index (κ3) is 3.70. The van der Waals surface area contributed by atoms with Gasteiger partial charge >= 0.3 is 0 Å². The lowest BCUT2D eigenvalue weighted by Crippen LogP contribution is -2.36. The highest BCUT2D eigenvalue weighted by Crippen LogP contribution is 2.22. The fourth-order valence-electron chi connectivity index (χ4n) is 2.85. The van der Waals surface area contributed by atoms with Crippen molar-refractivity contribution in [2.75, 3.05) is 20.1 Å². The van der Waals surface area contributed by atoms with Gasteiger partial charge < -0.3 is 9.32 Å². The minimum Gasteiger partial charge on any atom is -0.445 e. The second kappa shape index (κ2) is 6.25. The minimum absolute atomic E-state index is 0.560. The van der Waals surface area contributed by atoms with Gasteiger partial charge in [0.15, 0.2) is 0 Å². The van der Waals surface area contributed by atoms with Gasteiger partial charge in [0.2, 0.25) is 5.89 Å². The van der Waals surface area contributed by atoms with E-state index in [4.69, 9.17) is 4.42 Å². The topological polar surface area (TPSA) is 45.4 Å². The summed E-state index contributed by atoms with van der Waals surface area (Å²) in [5.74, 6) is 1.69. The highest BCUT2D eigenvalue weighted by molar-refractivity contribution is 7.11. The van der Waals surface area contributed by atoms with E-state index in [1.54, 1.807) is 17.5 Å². The van der Waals surface area contributed by atoms with Gasteiger partial charge in [-0.25, -0.2) is 9.97 Å². The molecule has 6 heteroatoms. The molecule has 1 saturated heterocycles. The monoisotopic (exact) mass is 306 g/mol. The number of aryl methyl sites for hydroxylation is 2. The largest absolute Gasteiger partial charge is 0.445 e. The van der Waals surface area contributed by atoms with Crippen LogP contribution in [0.25, 0.3) is 0 Å². The van der Waals surface area contributed by atoms with Crippen LogP contribution in [0, 0.1) is 13.8 Å². The summed E-state index contributed by atoms with van der Waals surface area (Å²) in [6, 6.07) is 0.560. The Morgan fingerprint density at radius 3 is 2.76 bits per heavy atom. The molecule has 0 aliphatic carbocycles. The van der Waals surface area contributed by atoms with E-state index in [1.165, 1.54) is 11.3 Å². The van der Waals surface area contributed by atoms with E-state index in [2.05, 4.69) is 33.7 Å². The first-order valence-corrected chi connectivity index (χ1v) is 8.17. The summed E-state index contributed by atoms with van der Waals surface area (Å²) in [6.07, 6.45) is 4.99. The van der Waals surface area contributed by atoms with Crippen molar-refractivity contribution in [1.82, 2.24) is 19.8 Å². The summed E-state index contributed by atoms with van der Waals surface area (Å²) in [4.78, 5) is 14.9. The van der Waals surface area contributed by atoms with E-state index in [0.717, 1.165) is 42.8 Å². The highest BCUT2D eigenvalue weighted by atomic mass is 32.1. The Morgan fingerprint density at radius 1 is 1.33 bits per heavy atom. The average Bonchev–Trinajstić information content (AvgIpc) is 3.12. The predicted octanol–water partition coefficient (Wildman–Crippen LogP) is 2.45. The second-order valence-electron chi connectivity index (χ2n) is 5.82. The van der Waals surface area contributed by atoms with Crippen LogP contribution in [-0.4, -0.2) is 45.9 Å². The summed E-state index contributed by atoms with van der Waals surface area (Å²) < 4.78 is 5.66. The molecule has 3 heterocycles. The van der Waals surface area contributed by atoms with E-state index in [9.17, 15) is 0 Å². The molecule has 1 atom stereocenters. The first kappa shape index (κ1) is 14.7. The Kier molecular flexibility index (Phi) is 4.37. The van der Waals surface area contributed by atoms with Crippen LogP contribution >= 0.6 is 11.3 Å². The van der Waals surface area contributed by atoms with Crippen LogP contribution in [0.5, 0.6) is 0 Å². The van der Waals surface area contributed by atoms with Crippen LogP contribution in [0.3, 0.4) is 0 Å². The molecule has 0 spiro atoms. The molecule has 0 saturated carbocycles. The number of hydrogen-bond acceptors (Lipinski definition) is 6. The molecule has 1 aliphatic rings. The summed E-state index contributed by atoms with van der Waals surface area (Å²) >= 11 is 1.77. The normalized spacial score (nSPS) is 19.7. The zero-order valence-corrected chi connectivity index (χ0v) is 13.7. The standard InChI is InChI=1S/C15H22N4OS/c1-11-6-17-15(20-11)10-19(13-4-5-18(3)8-13)9-14-7-16-12(2)21-14/h6-7,13H,4-5,8-10H2,1-3H3. The van der Waals surface area contributed by atoms with Crippen LogP contribution in [0.4, 0.5) is 0 Å². The molecule has 2 aromatic heterocycles. The maximum atomic E-state index is 5.66. The summed E-state index contributed by atoms with van der Waals surface area (Å²) in [7, 11) is 2.18. The van der Waals surface area contributed by atoms with Crippen LogP contribution in [-0.2, 0) is 13.1 Å². The number of aromatic nitrogens is 2.